The van der Waals surface area contributed by atoms with Crippen molar-refractivity contribution >= 4 is 21.6 Å². The van der Waals surface area contributed by atoms with E-state index >= 15 is 0 Å². The Hall–Kier alpha value is -1.56. The fourth-order valence-electron chi connectivity index (χ4n) is 2.50. The highest BCUT2D eigenvalue weighted by atomic mass is 32.2. The molecule has 0 unspecified atom stereocenters. The van der Waals surface area contributed by atoms with E-state index in [-0.39, 0.29) is 11.9 Å². The summed E-state index contributed by atoms with van der Waals surface area (Å²) >= 11 is 0. The molecule has 0 spiro atoms. The minimum atomic E-state index is -3.36. The molecule has 1 N–H and O–H groups in total. The number of carbonyl (C=O) groups is 1. The maximum Gasteiger partial charge on any atom is 0.232 e. The fraction of sp³-hybridized carbons (Fsp3) is 0.588. The Morgan fingerprint density at radius 3 is 2.61 bits per heavy atom. The third-order valence-corrected chi connectivity index (χ3v) is 4.78. The van der Waals surface area contributed by atoms with Gasteiger partial charge in [0.1, 0.15) is 0 Å². The highest BCUT2D eigenvalue weighted by Crippen LogP contribution is 2.19. The maximum absolute atomic E-state index is 12.0. The number of nitrogens with one attached hydrogen (secondary N) is 1. The summed E-state index contributed by atoms with van der Waals surface area (Å²) in [6.07, 6.45) is 3.98. The van der Waals surface area contributed by atoms with E-state index in [2.05, 4.69) is 12.2 Å². The van der Waals surface area contributed by atoms with Gasteiger partial charge in [0.05, 0.1) is 11.9 Å². The first-order chi connectivity index (χ1) is 10.7. The van der Waals surface area contributed by atoms with Crippen molar-refractivity contribution in [3.05, 3.63) is 29.8 Å². The van der Waals surface area contributed by atoms with Gasteiger partial charge in [-0.05, 0) is 44.4 Å². The van der Waals surface area contributed by atoms with E-state index in [0.717, 1.165) is 18.4 Å². The van der Waals surface area contributed by atoms with Gasteiger partial charge in [-0.2, -0.15) is 0 Å². The second-order valence-corrected chi connectivity index (χ2v) is 7.94. The van der Waals surface area contributed by atoms with Gasteiger partial charge in [0.15, 0.2) is 0 Å². The highest BCUT2D eigenvalue weighted by Gasteiger charge is 2.17. The summed E-state index contributed by atoms with van der Waals surface area (Å²) in [6, 6.07) is 7.53. The molecule has 1 amide bonds. The van der Waals surface area contributed by atoms with Crippen LogP contribution in [0.25, 0.3) is 0 Å². The molecule has 6 heteroatoms. The molecule has 0 saturated carbocycles. The van der Waals surface area contributed by atoms with E-state index < -0.39 is 10.0 Å². The van der Waals surface area contributed by atoms with Crippen molar-refractivity contribution in [3.8, 4) is 0 Å². The molecule has 0 fully saturated rings. The third-order valence-electron chi connectivity index (χ3n) is 3.58. The van der Waals surface area contributed by atoms with Crippen LogP contribution >= 0.6 is 0 Å². The highest BCUT2D eigenvalue weighted by molar-refractivity contribution is 7.92. The lowest BCUT2D eigenvalue weighted by Crippen LogP contribution is -2.34. The normalized spacial score (nSPS) is 12.7. The van der Waals surface area contributed by atoms with Crippen molar-refractivity contribution in [2.24, 2.45) is 0 Å². The van der Waals surface area contributed by atoms with E-state index in [9.17, 15) is 13.2 Å². The average molecular weight is 340 g/mol. The lowest BCUT2D eigenvalue weighted by molar-refractivity contribution is -0.121. The molecule has 1 aromatic rings. The molecule has 130 valence electrons. The number of anilines is 1. The number of rotatable bonds is 9. The smallest absolute Gasteiger partial charge is 0.232 e. The van der Waals surface area contributed by atoms with E-state index in [1.165, 1.54) is 10.6 Å². The monoisotopic (exact) mass is 340 g/mol. The number of aryl methyl sites for hydroxylation is 1. The van der Waals surface area contributed by atoms with Crippen LogP contribution in [-0.2, 0) is 14.8 Å². The number of amides is 1. The molecule has 23 heavy (non-hydrogen) atoms. The molecule has 1 aromatic carbocycles. The predicted molar refractivity (Wildman–Crippen MR) is 95.1 cm³/mol. The van der Waals surface area contributed by atoms with Crippen molar-refractivity contribution in [1.29, 1.82) is 0 Å². The molecule has 0 saturated heterocycles. The lowest BCUT2D eigenvalue weighted by atomic mass is 10.2. The van der Waals surface area contributed by atoms with Crippen LogP contribution in [0.4, 0.5) is 5.69 Å². The Morgan fingerprint density at radius 2 is 2.04 bits per heavy atom. The van der Waals surface area contributed by atoms with Crippen LogP contribution in [0, 0.1) is 6.92 Å². The van der Waals surface area contributed by atoms with Gasteiger partial charge in [0, 0.05) is 19.0 Å². The van der Waals surface area contributed by atoms with Crippen LogP contribution in [0.5, 0.6) is 0 Å². The predicted octanol–water partition coefficient (Wildman–Crippen LogP) is 2.85. The van der Waals surface area contributed by atoms with Crippen molar-refractivity contribution in [1.82, 2.24) is 5.32 Å². The van der Waals surface area contributed by atoms with Crippen molar-refractivity contribution in [2.75, 3.05) is 17.1 Å². The van der Waals surface area contributed by atoms with E-state index in [1.54, 1.807) is 6.07 Å². The quantitative estimate of drug-likeness (QED) is 0.752. The van der Waals surface area contributed by atoms with Gasteiger partial charge in [-0.15, -0.1) is 0 Å². The summed E-state index contributed by atoms with van der Waals surface area (Å²) < 4.78 is 25.4. The van der Waals surface area contributed by atoms with Crippen LogP contribution in [0.2, 0.25) is 0 Å². The number of carbonyl (C=O) groups excluding carboxylic acids is 1. The number of hydrogen-bond acceptors (Lipinski definition) is 3. The lowest BCUT2D eigenvalue weighted by Gasteiger charge is -2.23. The maximum atomic E-state index is 12.0. The second kappa shape index (κ2) is 8.91. The van der Waals surface area contributed by atoms with E-state index in [0.29, 0.717) is 25.1 Å². The molecule has 0 radical (unpaired) electrons. The van der Waals surface area contributed by atoms with Crippen LogP contribution in [0.15, 0.2) is 24.3 Å². The van der Waals surface area contributed by atoms with Crippen molar-refractivity contribution < 1.29 is 13.2 Å². The van der Waals surface area contributed by atoms with Gasteiger partial charge in [-0.1, -0.05) is 25.5 Å². The Labute approximate surface area is 140 Å². The molecule has 0 aliphatic rings. The average Bonchev–Trinajstić information content (AvgIpc) is 2.42. The number of sulfonamides is 1. The largest absolute Gasteiger partial charge is 0.354 e. The summed E-state index contributed by atoms with van der Waals surface area (Å²) in [7, 11) is -3.36. The van der Waals surface area contributed by atoms with Crippen LogP contribution < -0.4 is 9.62 Å². The van der Waals surface area contributed by atoms with Gasteiger partial charge in [-0.25, -0.2) is 8.42 Å². The fourth-order valence-corrected chi connectivity index (χ4v) is 3.46. The molecule has 0 aliphatic carbocycles. The van der Waals surface area contributed by atoms with Gasteiger partial charge in [0.2, 0.25) is 15.9 Å². The summed E-state index contributed by atoms with van der Waals surface area (Å²) in [5.41, 5.74) is 1.65. The Morgan fingerprint density at radius 1 is 1.35 bits per heavy atom. The Balaban J connectivity index is 2.62. The molecule has 0 heterocycles. The first-order valence-electron chi connectivity index (χ1n) is 8.07. The number of nitrogens with zero attached hydrogens (tertiary/aromatic N) is 1. The third kappa shape index (κ3) is 7.03. The molecule has 0 aromatic heterocycles. The van der Waals surface area contributed by atoms with Gasteiger partial charge in [0.25, 0.3) is 0 Å². The zero-order chi connectivity index (χ0) is 17.5. The molecular weight excluding hydrogens is 312 g/mol. The van der Waals surface area contributed by atoms with E-state index in [1.807, 2.05) is 32.0 Å². The van der Waals surface area contributed by atoms with Gasteiger partial charge < -0.3 is 5.32 Å². The second-order valence-electron chi connectivity index (χ2n) is 6.03. The summed E-state index contributed by atoms with van der Waals surface area (Å²) in [6.45, 7) is 6.29. The molecular formula is C17H28N2O3S. The van der Waals surface area contributed by atoms with Gasteiger partial charge in [-0.3, -0.25) is 9.10 Å². The standard InChI is InChI=1S/C17H28N2O3S/c1-5-8-15(3)18-17(20)11-7-12-19(23(4,21)22)16-10-6-9-14(2)13-16/h6,9-10,13,15H,5,7-8,11-12H2,1-4H3,(H,18,20)/t15-/m1/s1. The molecule has 1 atom stereocenters. The summed E-state index contributed by atoms with van der Waals surface area (Å²) in [5.74, 6) is -0.0244. The minimum absolute atomic E-state index is 0.0244. The summed E-state index contributed by atoms with van der Waals surface area (Å²) in [5, 5.41) is 2.94. The van der Waals surface area contributed by atoms with E-state index in [4.69, 9.17) is 0 Å². The number of benzene rings is 1. The number of hydrogen-bond donors (Lipinski definition) is 1. The zero-order valence-corrected chi connectivity index (χ0v) is 15.3. The topological polar surface area (TPSA) is 66.5 Å². The van der Waals surface area contributed by atoms with Gasteiger partial charge >= 0.3 is 0 Å². The SMILES string of the molecule is CCC[C@@H](C)NC(=O)CCCN(c1cccc(C)c1)S(C)(=O)=O. The minimum Gasteiger partial charge on any atom is -0.354 e. The Kier molecular flexibility index (Phi) is 7.55. The molecule has 0 bridgehead atoms. The van der Waals surface area contributed by atoms with Crippen LogP contribution in [0.1, 0.15) is 45.1 Å². The molecule has 1 rings (SSSR count). The van der Waals surface area contributed by atoms with Crippen molar-refractivity contribution in [3.63, 3.8) is 0 Å². The van der Waals surface area contributed by atoms with Crippen LogP contribution in [-0.4, -0.2) is 33.2 Å². The first kappa shape index (κ1) is 19.5. The first-order valence-corrected chi connectivity index (χ1v) is 9.92. The van der Waals surface area contributed by atoms with Crippen molar-refractivity contribution in [2.45, 2.75) is 52.5 Å². The van der Waals surface area contributed by atoms with Crippen LogP contribution in [0.3, 0.4) is 0 Å². The zero-order valence-electron chi connectivity index (χ0n) is 14.5. The Bertz CT molecular complexity index is 614. The summed E-state index contributed by atoms with van der Waals surface area (Å²) in [4.78, 5) is 11.9. The molecule has 0 aliphatic heterocycles. The molecule has 5 nitrogen and oxygen atoms in total.